The summed E-state index contributed by atoms with van der Waals surface area (Å²) in [6.45, 7) is 2.20. The van der Waals surface area contributed by atoms with Gasteiger partial charge in [-0.05, 0) is 56.3 Å². The molecule has 0 amide bonds. The van der Waals surface area contributed by atoms with Gasteiger partial charge in [0.1, 0.15) is 0 Å². The Morgan fingerprint density at radius 3 is 2.55 bits per heavy atom. The molecule has 0 radical (unpaired) electrons. The maximum atomic E-state index is 11.6. The number of thioether (sulfide) groups is 1. The molecule has 1 aliphatic carbocycles. The van der Waals surface area contributed by atoms with Crippen LogP contribution in [0, 0.1) is 0 Å². The van der Waals surface area contributed by atoms with E-state index in [2.05, 4.69) is 17.0 Å². The molecule has 0 saturated heterocycles. The van der Waals surface area contributed by atoms with Crippen LogP contribution >= 0.6 is 11.8 Å². The van der Waals surface area contributed by atoms with Crippen LogP contribution in [0.3, 0.4) is 0 Å². The highest BCUT2D eigenvalue weighted by atomic mass is 32.2. The second-order valence-electron chi connectivity index (χ2n) is 4.96. The Kier molecular flexibility index (Phi) is 5.35. The Morgan fingerprint density at radius 1 is 1.25 bits per heavy atom. The number of anilines is 1. The fourth-order valence-corrected chi connectivity index (χ4v) is 4.41. The molecule has 1 aliphatic rings. The molecule has 0 bridgehead atoms. The molecule has 2 rings (SSSR count). The highest BCUT2D eigenvalue weighted by Crippen LogP contribution is 2.31. The normalized spacial score (nSPS) is 22.9. The molecule has 2 atom stereocenters. The summed E-state index contributed by atoms with van der Waals surface area (Å²) in [4.78, 5) is 0.302. The van der Waals surface area contributed by atoms with Crippen LogP contribution in [0.1, 0.15) is 26.2 Å². The molecule has 6 heteroatoms. The standard InChI is InChI=1S/C14H22N2O2S2/c1-3-19-13-7-4-12(10-13)16-11-5-8-14(9-6-11)20(17,18)15-2/h5-6,8-9,12-13,15-16H,3-4,7,10H2,1-2H3. The molecular formula is C14H22N2O2S2. The van der Waals surface area contributed by atoms with Crippen molar-refractivity contribution in [2.75, 3.05) is 18.1 Å². The zero-order chi connectivity index (χ0) is 14.6. The van der Waals surface area contributed by atoms with E-state index >= 15 is 0 Å². The first-order valence-electron chi connectivity index (χ1n) is 6.97. The average molecular weight is 314 g/mol. The van der Waals surface area contributed by atoms with Crippen molar-refractivity contribution in [2.24, 2.45) is 0 Å². The number of nitrogens with one attached hydrogen (secondary N) is 2. The van der Waals surface area contributed by atoms with Crippen molar-refractivity contribution < 1.29 is 8.42 Å². The summed E-state index contributed by atoms with van der Waals surface area (Å²) < 4.78 is 25.6. The zero-order valence-electron chi connectivity index (χ0n) is 11.9. The van der Waals surface area contributed by atoms with Crippen LogP contribution in [-0.2, 0) is 10.0 Å². The summed E-state index contributed by atoms with van der Waals surface area (Å²) >= 11 is 2.03. The van der Waals surface area contributed by atoms with Crippen molar-refractivity contribution in [2.45, 2.75) is 42.4 Å². The van der Waals surface area contributed by atoms with Crippen molar-refractivity contribution in [1.82, 2.24) is 4.72 Å². The fraction of sp³-hybridized carbons (Fsp3) is 0.571. The van der Waals surface area contributed by atoms with Crippen LogP contribution in [0.4, 0.5) is 5.69 Å². The van der Waals surface area contributed by atoms with E-state index < -0.39 is 10.0 Å². The van der Waals surface area contributed by atoms with Crippen LogP contribution in [-0.4, -0.2) is 32.5 Å². The Labute approximate surface area is 125 Å². The number of rotatable bonds is 6. The molecule has 1 saturated carbocycles. The van der Waals surface area contributed by atoms with Crippen LogP contribution in [0.5, 0.6) is 0 Å². The molecule has 1 fully saturated rings. The lowest BCUT2D eigenvalue weighted by Crippen LogP contribution is -2.19. The van der Waals surface area contributed by atoms with Gasteiger partial charge in [0.15, 0.2) is 0 Å². The lowest BCUT2D eigenvalue weighted by molar-refractivity contribution is 0.588. The van der Waals surface area contributed by atoms with Gasteiger partial charge in [0.05, 0.1) is 4.90 Å². The Bertz CT molecular complexity index is 529. The van der Waals surface area contributed by atoms with Gasteiger partial charge in [0, 0.05) is 17.0 Å². The second-order valence-corrected chi connectivity index (χ2v) is 8.43. The van der Waals surface area contributed by atoms with E-state index in [9.17, 15) is 8.42 Å². The molecule has 0 heterocycles. The Hall–Kier alpha value is -0.720. The van der Waals surface area contributed by atoms with Gasteiger partial charge in [-0.2, -0.15) is 11.8 Å². The predicted octanol–water partition coefficient (Wildman–Crippen LogP) is 2.68. The van der Waals surface area contributed by atoms with E-state index in [1.165, 1.54) is 32.1 Å². The molecule has 112 valence electrons. The van der Waals surface area contributed by atoms with Crippen molar-refractivity contribution in [1.29, 1.82) is 0 Å². The van der Waals surface area contributed by atoms with Gasteiger partial charge < -0.3 is 5.32 Å². The van der Waals surface area contributed by atoms with Crippen LogP contribution in [0.15, 0.2) is 29.2 Å². The molecule has 0 aromatic heterocycles. The SMILES string of the molecule is CCSC1CCC(Nc2ccc(S(=O)(=O)NC)cc2)C1. The van der Waals surface area contributed by atoms with E-state index in [4.69, 9.17) is 0 Å². The Balaban J connectivity index is 1.95. The minimum Gasteiger partial charge on any atom is -0.382 e. The van der Waals surface area contributed by atoms with E-state index in [0.717, 1.165) is 10.9 Å². The smallest absolute Gasteiger partial charge is 0.240 e. The van der Waals surface area contributed by atoms with Crippen LogP contribution < -0.4 is 10.0 Å². The maximum absolute atomic E-state index is 11.6. The molecule has 2 unspecified atom stereocenters. The lowest BCUT2D eigenvalue weighted by atomic mass is 10.2. The fourth-order valence-electron chi connectivity index (χ4n) is 2.54. The largest absolute Gasteiger partial charge is 0.382 e. The third-order valence-corrected chi connectivity index (χ3v) is 6.25. The van der Waals surface area contributed by atoms with Crippen LogP contribution in [0.2, 0.25) is 0 Å². The third kappa shape index (κ3) is 3.90. The summed E-state index contributed by atoms with van der Waals surface area (Å²) in [6.07, 6.45) is 3.64. The van der Waals surface area contributed by atoms with E-state index in [0.29, 0.717) is 10.9 Å². The number of hydrogen-bond donors (Lipinski definition) is 2. The molecule has 0 aliphatic heterocycles. The molecule has 2 N–H and O–H groups in total. The number of benzene rings is 1. The highest BCUT2D eigenvalue weighted by molar-refractivity contribution is 7.99. The third-order valence-electron chi connectivity index (χ3n) is 3.59. The van der Waals surface area contributed by atoms with E-state index in [1.54, 1.807) is 12.1 Å². The summed E-state index contributed by atoms with van der Waals surface area (Å²) in [5.74, 6) is 1.17. The molecular weight excluding hydrogens is 292 g/mol. The van der Waals surface area contributed by atoms with Gasteiger partial charge in [0.25, 0.3) is 0 Å². The van der Waals surface area contributed by atoms with Gasteiger partial charge in [-0.1, -0.05) is 6.92 Å². The summed E-state index contributed by atoms with van der Waals surface area (Å²) in [5, 5.41) is 4.26. The predicted molar refractivity (Wildman–Crippen MR) is 85.9 cm³/mol. The van der Waals surface area contributed by atoms with Crippen molar-refractivity contribution >= 4 is 27.5 Å². The Morgan fingerprint density at radius 2 is 1.95 bits per heavy atom. The summed E-state index contributed by atoms with van der Waals surface area (Å²) in [7, 11) is -1.92. The number of hydrogen-bond acceptors (Lipinski definition) is 4. The summed E-state index contributed by atoms with van der Waals surface area (Å²) in [5.41, 5.74) is 0.993. The molecule has 4 nitrogen and oxygen atoms in total. The second kappa shape index (κ2) is 6.83. The first-order chi connectivity index (χ1) is 9.55. The van der Waals surface area contributed by atoms with Crippen molar-refractivity contribution in [3.63, 3.8) is 0 Å². The van der Waals surface area contributed by atoms with Gasteiger partial charge in [-0.15, -0.1) is 0 Å². The van der Waals surface area contributed by atoms with Crippen molar-refractivity contribution in [3.05, 3.63) is 24.3 Å². The molecule has 20 heavy (non-hydrogen) atoms. The quantitative estimate of drug-likeness (QED) is 0.847. The topological polar surface area (TPSA) is 58.2 Å². The molecule has 1 aromatic rings. The minimum atomic E-state index is -3.34. The first kappa shape index (κ1) is 15.7. The number of sulfonamides is 1. The van der Waals surface area contributed by atoms with Gasteiger partial charge in [0.2, 0.25) is 10.0 Å². The lowest BCUT2D eigenvalue weighted by Gasteiger charge is -2.15. The minimum absolute atomic E-state index is 0.302. The molecule has 1 aromatic carbocycles. The highest BCUT2D eigenvalue weighted by Gasteiger charge is 2.24. The van der Waals surface area contributed by atoms with Crippen molar-refractivity contribution in [3.8, 4) is 0 Å². The summed E-state index contributed by atoms with van der Waals surface area (Å²) in [6, 6.07) is 7.46. The van der Waals surface area contributed by atoms with E-state index in [-0.39, 0.29) is 0 Å². The van der Waals surface area contributed by atoms with Gasteiger partial charge in [-0.3, -0.25) is 0 Å². The van der Waals surface area contributed by atoms with Gasteiger partial charge in [-0.25, -0.2) is 13.1 Å². The van der Waals surface area contributed by atoms with E-state index in [1.807, 2.05) is 23.9 Å². The molecule has 0 spiro atoms. The monoisotopic (exact) mass is 314 g/mol. The zero-order valence-corrected chi connectivity index (χ0v) is 13.6. The average Bonchev–Trinajstić information content (AvgIpc) is 2.87. The first-order valence-corrected chi connectivity index (χ1v) is 9.50. The maximum Gasteiger partial charge on any atom is 0.240 e. The van der Waals surface area contributed by atoms with Crippen LogP contribution in [0.25, 0.3) is 0 Å². The van der Waals surface area contributed by atoms with Gasteiger partial charge >= 0.3 is 0 Å².